The highest BCUT2D eigenvalue weighted by Crippen LogP contribution is 2.09. The smallest absolute Gasteiger partial charge is 0.331 e. The molecule has 0 amide bonds. The molecule has 0 aliphatic rings. The van der Waals surface area contributed by atoms with E-state index in [4.69, 9.17) is 10.8 Å². The van der Waals surface area contributed by atoms with Gasteiger partial charge in [-0.2, -0.15) is 0 Å². The molecule has 0 bridgehead atoms. The molecule has 1 aromatic rings. The summed E-state index contributed by atoms with van der Waals surface area (Å²) in [4.78, 5) is 10.6. The van der Waals surface area contributed by atoms with Gasteiger partial charge < -0.3 is 10.8 Å². The van der Waals surface area contributed by atoms with E-state index < -0.39 is 5.97 Å². The number of aliphatic carboxylic acids is 1. The molecule has 3 heteroatoms. The summed E-state index contributed by atoms with van der Waals surface area (Å²) < 4.78 is 0. The highest BCUT2D eigenvalue weighted by molar-refractivity contribution is 5.91. The Morgan fingerprint density at radius 2 is 2.00 bits per heavy atom. The van der Waals surface area contributed by atoms with Gasteiger partial charge in [0.05, 0.1) is 0 Å². The van der Waals surface area contributed by atoms with E-state index in [0.717, 1.165) is 12.0 Å². The predicted molar refractivity (Wildman–Crippen MR) is 60.5 cm³/mol. The van der Waals surface area contributed by atoms with Crippen molar-refractivity contribution in [3.05, 3.63) is 41.0 Å². The number of hydrogen-bond donors (Lipinski definition) is 2. The van der Waals surface area contributed by atoms with Crippen LogP contribution < -0.4 is 5.73 Å². The van der Waals surface area contributed by atoms with E-state index in [1.807, 2.05) is 24.3 Å². The topological polar surface area (TPSA) is 63.3 Å². The van der Waals surface area contributed by atoms with Crippen molar-refractivity contribution in [3.8, 4) is 0 Å². The first-order valence-electron chi connectivity index (χ1n) is 4.84. The number of nitrogens with two attached hydrogens (primary N) is 1. The highest BCUT2D eigenvalue weighted by Gasteiger charge is 1.99. The average Bonchev–Trinajstić information content (AvgIpc) is 2.21. The van der Waals surface area contributed by atoms with Gasteiger partial charge in [0.2, 0.25) is 0 Å². The number of rotatable bonds is 4. The zero-order valence-corrected chi connectivity index (χ0v) is 8.73. The van der Waals surface area contributed by atoms with Crippen molar-refractivity contribution in [2.45, 2.75) is 13.3 Å². The van der Waals surface area contributed by atoms with Crippen LogP contribution >= 0.6 is 0 Å². The fraction of sp³-hybridized carbons (Fsp3) is 0.250. The third kappa shape index (κ3) is 3.56. The van der Waals surface area contributed by atoms with Gasteiger partial charge in [0.15, 0.2) is 0 Å². The Balaban J connectivity index is 2.80. The lowest BCUT2D eigenvalue weighted by atomic mass is 10.1. The van der Waals surface area contributed by atoms with Gasteiger partial charge in [0, 0.05) is 5.57 Å². The molecule has 0 unspecified atom stereocenters. The van der Waals surface area contributed by atoms with Crippen molar-refractivity contribution in [1.82, 2.24) is 0 Å². The highest BCUT2D eigenvalue weighted by atomic mass is 16.4. The summed E-state index contributed by atoms with van der Waals surface area (Å²) >= 11 is 0. The molecule has 0 aliphatic heterocycles. The second-order valence-corrected chi connectivity index (χ2v) is 3.41. The lowest BCUT2D eigenvalue weighted by Gasteiger charge is -2.00. The Kier molecular flexibility index (Phi) is 4.06. The molecule has 0 fully saturated rings. The van der Waals surface area contributed by atoms with E-state index in [1.165, 1.54) is 5.56 Å². The van der Waals surface area contributed by atoms with Gasteiger partial charge in [-0.05, 0) is 37.1 Å². The summed E-state index contributed by atoms with van der Waals surface area (Å²) in [5, 5.41) is 8.70. The number of carboxylic acids is 1. The Morgan fingerprint density at radius 1 is 1.40 bits per heavy atom. The van der Waals surface area contributed by atoms with Crippen molar-refractivity contribution in [1.29, 1.82) is 0 Å². The molecule has 0 heterocycles. The van der Waals surface area contributed by atoms with Gasteiger partial charge in [-0.25, -0.2) is 4.79 Å². The monoisotopic (exact) mass is 205 g/mol. The van der Waals surface area contributed by atoms with E-state index >= 15 is 0 Å². The van der Waals surface area contributed by atoms with Gasteiger partial charge >= 0.3 is 5.97 Å². The summed E-state index contributed by atoms with van der Waals surface area (Å²) in [6.45, 7) is 2.21. The second kappa shape index (κ2) is 5.32. The van der Waals surface area contributed by atoms with E-state index in [2.05, 4.69) is 0 Å². The third-order valence-corrected chi connectivity index (χ3v) is 2.13. The number of hydrogen-bond acceptors (Lipinski definition) is 2. The molecular weight excluding hydrogens is 190 g/mol. The van der Waals surface area contributed by atoms with Gasteiger partial charge in [0.1, 0.15) is 0 Å². The zero-order valence-electron chi connectivity index (χ0n) is 8.73. The van der Waals surface area contributed by atoms with Crippen LogP contribution in [0.5, 0.6) is 0 Å². The minimum atomic E-state index is -0.888. The van der Waals surface area contributed by atoms with Crippen LogP contribution in [0.25, 0.3) is 6.08 Å². The summed E-state index contributed by atoms with van der Waals surface area (Å²) in [6.07, 6.45) is 2.50. The molecule has 1 rings (SSSR count). The zero-order chi connectivity index (χ0) is 11.3. The fourth-order valence-electron chi connectivity index (χ4n) is 1.26. The predicted octanol–water partition coefficient (Wildman–Crippen LogP) is 1.68. The van der Waals surface area contributed by atoms with Crippen LogP contribution in [0.4, 0.5) is 0 Å². The Bertz CT molecular complexity index is 366. The van der Waals surface area contributed by atoms with E-state index in [9.17, 15) is 4.79 Å². The molecule has 3 N–H and O–H groups in total. The molecule has 0 aliphatic carbocycles. The number of benzene rings is 1. The fourth-order valence-corrected chi connectivity index (χ4v) is 1.26. The second-order valence-electron chi connectivity index (χ2n) is 3.41. The van der Waals surface area contributed by atoms with E-state index in [0.29, 0.717) is 12.1 Å². The third-order valence-electron chi connectivity index (χ3n) is 2.13. The molecule has 0 spiro atoms. The van der Waals surface area contributed by atoms with Crippen molar-refractivity contribution in [3.63, 3.8) is 0 Å². The lowest BCUT2D eigenvalue weighted by Crippen LogP contribution is -2.02. The van der Waals surface area contributed by atoms with E-state index in [-0.39, 0.29) is 0 Å². The average molecular weight is 205 g/mol. The van der Waals surface area contributed by atoms with Crippen LogP contribution in [0.2, 0.25) is 0 Å². The quantitative estimate of drug-likeness (QED) is 0.735. The Labute approximate surface area is 89.2 Å². The molecule has 0 saturated heterocycles. The van der Waals surface area contributed by atoms with Crippen molar-refractivity contribution in [2.24, 2.45) is 5.73 Å². The molecular formula is C12H15NO2. The SMILES string of the molecule is C/C(=C\c1ccc(CCN)cc1)C(=O)O. The number of carbonyl (C=O) groups is 1. The molecule has 0 atom stereocenters. The number of carboxylic acid groups (broad SMARTS) is 1. The first-order valence-corrected chi connectivity index (χ1v) is 4.84. The maximum atomic E-state index is 10.6. The molecule has 0 aromatic heterocycles. The standard InChI is InChI=1S/C12H15NO2/c1-9(12(14)15)8-11-4-2-10(3-5-11)6-7-13/h2-5,8H,6-7,13H2,1H3,(H,14,15)/b9-8+. The van der Waals surface area contributed by atoms with Crippen LogP contribution in [-0.4, -0.2) is 17.6 Å². The van der Waals surface area contributed by atoms with Gasteiger partial charge in [0.25, 0.3) is 0 Å². The summed E-state index contributed by atoms with van der Waals surface area (Å²) in [6, 6.07) is 7.73. The first kappa shape index (κ1) is 11.5. The Hall–Kier alpha value is -1.61. The molecule has 0 saturated carbocycles. The van der Waals surface area contributed by atoms with Crippen LogP contribution in [-0.2, 0) is 11.2 Å². The summed E-state index contributed by atoms with van der Waals surface area (Å²) in [5.74, 6) is -0.888. The maximum Gasteiger partial charge on any atom is 0.331 e. The van der Waals surface area contributed by atoms with Gasteiger partial charge in [-0.3, -0.25) is 0 Å². The normalized spacial score (nSPS) is 11.5. The van der Waals surface area contributed by atoms with Gasteiger partial charge in [-0.1, -0.05) is 24.3 Å². The van der Waals surface area contributed by atoms with E-state index in [1.54, 1.807) is 13.0 Å². The minimum Gasteiger partial charge on any atom is -0.478 e. The first-order chi connectivity index (χ1) is 7.13. The van der Waals surface area contributed by atoms with Crippen molar-refractivity contribution in [2.75, 3.05) is 6.54 Å². The lowest BCUT2D eigenvalue weighted by molar-refractivity contribution is -0.132. The molecule has 80 valence electrons. The minimum absolute atomic E-state index is 0.335. The van der Waals surface area contributed by atoms with Crippen molar-refractivity contribution < 1.29 is 9.90 Å². The molecule has 3 nitrogen and oxygen atoms in total. The summed E-state index contributed by atoms with van der Waals surface area (Å²) in [7, 11) is 0. The molecule has 0 radical (unpaired) electrons. The maximum absolute atomic E-state index is 10.6. The van der Waals surface area contributed by atoms with Crippen LogP contribution in [0.15, 0.2) is 29.8 Å². The van der Waals surface area contributed by atoms with Crippen molar-refractivity contribution >= 4 is 12.0 Å². The molecule has 15 heavy (non-hydrogen) atoms. The van der Waals surface area contributed by atoms with Crippen LogP contribution in [0.1, 0.15) is 18.1 Å². The van der Waals surface area contributed by atoms with Gasteiger partial charge in [-0.15, -0.1) is 0 Å². The molecule has 1 aromatic carbocycles. The Morgan fingerprint density at radius 3 is 2.47 bits per heavy atom. The van der Waals surface area contributed by atoms with Crippen LogP contribution in [0, 0.1) is 0 Å². The van der Waals surface area contributed by atoms with Crippen LogP contribution in [0.3, 0.4) is 0 Å². The summed E-state index contributed by atoms with van der Waals surface area (Å²) in [5.41, 5.74) is 7.83. The largest absolute Gasteiger partial charge is 0.478 e.